The van der Waals surface area contributed by atoms with Crippen LogP contribution in [0.5, 0.6) is 0 Å². The summed E-state index contributed by atoms with van der Waals surface area (Å²) in [5, 5.41) is 13.0. The Hall–Kier alpha value is -0.200. The van der Waals surface area contributed by atoms with E-state index in [1.54, 1.807) is 0 Å². The van der Waals surface area contributed by atoms with E-state index >= 15 is 0 Å². The van der Waals surface area contributed by atoms with Crippen molar-refractivity contribution in [1.29, 1.82) is 0 Å². The Bertz CT molecular complexity index is 169. The molecule has 3 unspecified atom stereocenters. The second-order valence-electron chi connectivity index (χ2n) is 4.75. The second kappa shape index (κ2) is 10.9. The van der Waals surface area contributed by atoms with E-state index in [4.69, 9.17) is 17.2 Å². The molecule has 0 bridgehead atoms. The third kappa shape index (κ3) is 9.50. The van der Waals surface area contributed by atoms with Crippen molar-refractivity contribution in [3.8, 4) is 0 Å². The van der Waals surface area contributed by atoms with Crippen LogP contribution in [0, 0.1) is 0 Å². The molecule has 8 N–H and O–H groups in total. The number of rotatable bonds is 11. The van der Waals surface area contributed by atoms with Gasteiger partial charge < -0.3 is 22.3 Å². The Kier molecular flexibility index (Phi) is 10.8. The maximum Gasteiger partial charge on any atom is 0.120 e. The number of aliphatic hydroxyl groups is 1. The van der Waals surface area contributed by atoms with Crippen LogP contribution in [0.25, 0.3) is 0 Å². The van der Waals surface area contributed by atoms with Gasteiger partial charge in [-0.1, -0.05) is 12.8 Å². The predicted octanol–water partition coefficient (Wildman–Crippen LogP) is -0.132. The summed E-state index contributed by atoms with van der Waals surface area (Å²) in [5.41, 5.74) is 16.7. The zero-order valence-corrected chi connectivity index (χ0v) is 11.1. The van der Waals surface area contributed by atoms with Crippen molar-refractivity contribution in [3.05, 3.63) is 0 Å². The highest BCUT2D eigenvalue weighted by Gasteiger charge is 2.15. The van der Waals surface area contributed by atoms with E-state index in [0.717, 1.165) is 45.1 Å². The lowest BCUT2D eigenvalue weighted by molar-refractivity contribution is 0.0917. The molecule has 0 heterocycles. The van der Waals surface area contributed by atoms with Crippen LogP contribution in [0.3, 0.4) is 0 Å². The Balaban J connectivity index is 3.62. The highest BCUT2D eigenvalue weighted by molar-refractivity contribution is 4.73. The fraction of sp³-hybridized carbons (Fsp3) is 1.00. The van der Waals surface area contributed by atoms with Crippen LogP contribution >= 0.6 is 0 Å². The van der Waals surface area contributed by atoms with Crippen molar-refractivity contribution in [3.63, 3.8) is 0 Å². The van der Waals surface area contributed by atoms with Gasteiger partial charge in [0.1, 0.15) is 6.23 Å². The molecular formula is C12H30N4O. The first-order chi connectivity index (χ1) is 8.11. The molecule has 3 atom stereocenters. The summed E-state index contributed by atoms with van der Waals surface area (Å²) in [7, 11) is 0. The van der Waals surface area contributed by atoms with E-state index in [1.807, 2.05) is 0 Å². The molecule has 0 radical (unpaired) electrons. The average Bonchev–Trinajstić information content (AvgIpc) is 2.29. The predicted molar refractivity (Wildman–Crippen MR) is 72.4 cm³/mol. The fourth-order valence-corrected chi connectivity index (χ4v) is 1.78. The Morgan fingerprint density at radius 1 is 1.00 bits per heavy atom. The minimum Gasteiger partial charge on any atom is -0.377 e. The van der Waals surface area contributed by atoms with Gasteiger partial charge in [-0.05, 0) is 45.7 Å². The average molecular weight is 246 g/mol. The minimum absolute atomic E-state index is 0.210. The fourth-order valence-electron chi connectivity index (χ4n) is 1.78. The molecular weight excluding hydrogens is 216 g/mol. The topological polar surface area (TPSA) is 110 Å². The number of nitrogens with two attached hydrogens (primary N) is 3. The lowest BCUT2D eigenvalue weighted by atomic mass is 10.1. The summed E-state index contributed by atoms with van der Waals surface area (Å²) in [6.07, 6.45) is 5.25. The van der Waals surface area contributed by atoms with Crippen molar-refractivity contribution < 1.29 is 5.11 Å². The van der Waals surface area contributed by atoms with Crippen LogP contribution in [0.1, 0.15) is 45.4 Å². The lowest BCUT2D eigenvalue weighted by Gasteiger charge is -2.24. The second-order valence-corrected chi connectivity index (χ2v) is 4.75. The number of aliphatic hydroxyl groups excluding tert-OH is 1. The van der Waals surface area contributed by atoms with Gasteiger partial charge in [0.05, 0.1) is 0 Å². The van der Waals surface area contributed by atoms with Gasteiger partial charge in [0.2, 0.25) is 0 Å². The maximum atomic E-state index is 9.85. The SMILES string of the molecule is CC(CCCCN)NC(O)C(N)CCCCN. The highest BCUT2D eigenvalue weighted by atomic mass is 16.3. The molecule has 17 heavy (non-hydrogen) atoms. The molecule has 0 aromatic heterocycles. The van der Waals surface area contributed by atoms with Crippen LogP contribution in [-0.4, -0.2) is 36.5 Å². The van der Waals surface area contributed by atoms with Crippen LogP contribution in [-0.2, 0) is 0 Å². The normalized spacial score (nSPS) is 16.8. The molecule has 0 spiro atoms. The summed E-state index contributed by atoms with van der Waals surface area (Å²) < 4.78 is 0. The third-order valence-corrected chi connectivity index (χ3v) is 2.94. The lowest BCUT2D eigenvalue weighted by Crippen LogP contribution is -2.48. The molecule has 0 aliphatic carbocycles. The van der Waals surface area contributed by atoms with Crippen LogP contribution < -0.4 is 22.5 Å². The largest absolute Gasteiger partial charge is 0.377 e. The summed E-state index contributed by atoms with van der Waals surface area (Å²) in [6.45, 7) is 3.48. The number of hydrogen-bond acceptors (Lipinski definition) is 5. The van der Waals surface area contributed by atoms with Crippen molar-refractivity contribution in [2.45, 2.75) is 63.8 Å². The molecule has 5 heteroatoms. The molecule has 0 saturated carbocycles. The van der Waals surface area contributed by atoms with Crippen molar-refractivity contribution in [2.24, 2.45) is 17.2 Å². The number of unbranched alkanes of at least 4 members (excludes halogenated alkanes) is 2. The van der Waals surface area contributed by atoms with Gasteiger partial charge in [-0.2, -0.15) is 0 Å². The number of hydrogen-bond donors (Lipinski definition) is 5. The van der Waals surface area contributed by atoms with E-state index in [-0.39, 0.29) is 12.1 Å². The maximum absolute atomic E-state index is 9.85. The molecule has 0 aliphatic heterocycles. The summed E-state index contributed by atoms with van der Waals surface area (Å²) in [6, 6.07) is 0.0654. The first-order valence-electron chi connectivity index (χ1n) is 6.71. The highest BCUT2D eigenvalue weighted by Crippen LogP contribution is 2.04. The zero-order valence-electron chi connectivity index (χ0n) is 11.1. The molecule has 0 rings (SSSR count). The molecule has 104 valence electrons. The minimum atomic E-state index is -0.624. The van der Waals surface area contributed by atoms with Crippen LogP contribution in [0.4, 0.5) is 0 Å². The number of nitrogens with one attached hydrogen (secondary N) is 1. The van der Waals surface area contributed by atoms with Crippen molar-refractivity contribution in [2.75, 3.05) is 13.1 Å². The van der Waals surface area contributed by atoms with Gasteiger partial charge in [-0.25, -0.2) is 0 Å². The first kappa shape index (κ1) is 16.8. The molecule has 0 aromatic rings. The zero-order chi connectivity index (χ0) is 13.1. The Morgan fingerprint density at radius 2 is 1.53 bits per heavy atom. The molecule has 5 nitrogen and oxygen atoms in total. The van der Waals surface area contributed by atoms with E-state index in [2.05, 4.69) is 12.2 Å². The molecule has 0 amide bonds. The van der Waals surface area contributed by atoms with E-state index < -0.39 is 6.23 Å². The van der Waals surface area contributed by atoms with E-state index in [1.165, 1.54) is 0 Å². The van der Waals surface area contributed by atoms with Gasteiger partial charge in [0, 0.05) is 12.1 Å². The van der Waals surface area contributed by atoms with Gasteiger partial charge in [0.15, 0.2) is 0 Å². The summed E-state index contributed by atoms with van der Waals surface area (Å²) in [5.74, 6) is 0. The first-order valence-corrected chi connectivity index (χ1v) is 6.71. The van der Waals surface area contributed by atoms with Gasteiger partial charge in [0.25, 0.3) is 0 Å². The van der Waals surface area contributed by atoms with Gasteiger partial charge in [-0.15, -0.1) is 0 Å². The molecule has 0 aliphatic rings. The van der Waals surface area contributed by atoms with Crippen molar-refractivity contribution in [1.82, 2.24) is 5.32 Å². The van der Waals surface area contributed by atoms with E-state index in [9.17, 15) is 5.11 Å². The third-order valence-electron chi connectivity index (χ3n) is 2.94. The van der Waals surface area contributed by atoms with Crippen LogP contribution in [0.2, 0.25) is 0 Å². The quantitative estimate of drug-likeness (QED) is 0.258. The molecule has 0 saturated heterocycles. The molecule has 0 aromatic carbocycles. The van der Waals surface area contributed by atoms with Gasteiger partial charge in [-0.3, -0.25) is 5.32 Å². The van der Waals surface area contributed by atoms with Crippen molar-refractivity contribution >= 4 is 0 Å². The van der Waals surface area contributed by atoms with Crippen LogP contribution in [0.15, 0.2) is 0 Å². The van der Waals surface area contributed by atoms with Gasteiger partial charge >= 0.3 is 0 Å². The smallest absolute Gasteiger partial charge is 0.120 e. The standard InChI is InChI=1S/C12H30N4O/c1-10(6-2-4-8-13)16-12(17)11(15)7-3-5-9-14/h10-12,16-17H,2-9,13-15H2,1H3. The summed E-state index contributed by atoms with van der Waals surface area (Å²) in [4.78, 5) is 0. The Morgan fingerprint density at radius 3 is 2.06 bits per heavy atom. The Labute approximate surface area is 105 Å². The van der Waals surface area contributed by atoms with E-state index in [0.29, 0.717) is 6.54 Å². The summed E-state index contributed by atoms with van der Waals surface area (Å²) >= 11 is 0. The molecule has 0 fully saturated rings. The monoisotopic (exact) mass is 246 g/mol.